The number of amides is 1. The van der Waals surface area contributed by atoms with Gasteiger partial charge >= 0.3 is 0 Å². The van der Waals surface area contributed by atoms with Gasteiger partial charge in [0.25, 0.3) is 5.91 Å². The maximum Gasteiger partial charge on any atom is 0.261 e. The Hall–Kier alpha value is -1.13. The van der Waals surface area contributed by atoms with Crippen LogP contribution in [-0.2, 0) is 0 Å². The lowest BCUT2D eigenvalue weighted by Crippen LogP contribution is -2.25. The van der Waals surface area contributed by atoms with Crippen LogP contribution < -0.4 is 5.32 Å². The highest BCUT2D eigenvalue weighted by Gasteiger charge is 2.12. The van der Waals surface area contributed by atoms with Gasteiger partial charge < -0.3 is 5.32 Å². The Kier molecular flexibility index (Phi) is 3.18. The average Bonchev–Trinajstić information content (AvgIpc) is 2.91. The number of thiophene rings is 2. The van der Waals surface area contributed by atoms with Gasteiger partial charge in [0, 0.05) is 4.88 Å². The third kappa shape index (κ3) is 2.46. The molecule has 0 saturated heterocycles. The van der Waals surface area contributed by atoms with Crippen molar-refractivity contribution in [3.05, 3.63) is 44.8 Å². The molecule has 0 saturated carbocycles. The molecule has 1 N–H and O–H groups in total. The standard InChI is InChI=1S/C11H11NOS2/c1-8(9-4-2-6-14-9)12-11(13)10-5-3-7-15-10/h2-8H,1H3,(H,12,13)/t8-/m0/s1. The van der Waals surface area contributed by atoms with Gasteiger partial charge in [-0.05, 0) is 29.8 Å². The topological polar surface area (TPSA) is 29.1 Å². The van der Waals surface area contributed by atoms with Crippen LogP contribution in [0.1, 0.15) is 27.5 Å². The molecule has 0 aliphatic heterocycles. The Bertz CT molecular complexity index is 419. The van der Waals surface area contributed by atoms with E-state index >= 15 is 0 Å². The minimum atomic E-state index is 0.00546. The van der Waals surface area contributed by atoms with Gasteiger partial charge in [-0.2, -0.15) is 0 Å². The summed E-state index contributed by atoms with van der Waals surface area (Å²) in [6.45, 7) is 2.00. The second kappa shape index (κ2) is 4.59. The van der Waals surface area contributed by atoms with Crippen molar-refractivity contribution in [3.63, 3.8) is 0 Å². The fourth-order valence-corrected chi connectivity index (χ4v) is 2.65. The molecule has 1 atom stereocenters. The smallest absolute Gasteiger partial charge is 0.261 e. The molecule has 0 fully saturated rings. The number of rotatable bonds is 3. The summed E-state index contributed by atoms with van der Waals surface area (Å²) in [5.41, 5.74) is 0. The van der Waals surface area contributed by atoms with E-state index in [1.54, 1.807) is 11.3 Å². The summed E-state index contributed by atoms with van der Waals surface area (Å²) in [4.78, 5) is 13.7. The minimum absolute atomic E-state index is 0.00546. The van der Waals surface area contributed by atoms with Crippen molar-refractivity contribution in [1.29, 1.82) is 0 Å². The van der Waals surface area contributed by atoms with Crippen LogP contribution >= 0.6 is 22.7 Å². The first-order valence-corrected chi connectivity index (χ1v) is 6.41. The zero-order valence-electron chi connectivity index (χ0n) is 8.27. The predicted octanol–water partition coefficient (Wildman–Crippen LogP) is 3.30. The molecule has 0 aliphatic carbocycles. The van der Waals surface area contributed by atoms with Gasteiger partial charge in [0.1, 0.15) is 0 Å². The summed E-state index contributed by atoms with van der Waals surface area (Å²) in [5.74, 6) is 0.00546. The largest absolute Gasteiger partial charge is 0.344 e. The quantitative estimate of drug-likeness (QED) is 0.872. The molecule has 0 bridgehead atoms. The Morgan fingerprint density at radius 3 is 2.60 bits per heavy atom. The third-order valence-corrected chi connectivity index (χ3v) is 3.99. The lowest BCUT2D eigenvalue weighted by Gasteiger charge is -2.10. The molecule has 2 aromatic rings. The van der Waals surface area contributed by atoms with Crippen LogP contribution in [0.3, 0.4) is 0 Å². The van der Waals surface area contributed by atoms with Crippen LogP contribution in [0.4, 0.5) is 0 Å². The van der Waals surface area contributed by atoms with Gasteiger partial charge in [-0.25, -0.2) is 0 Å². The predicted molar refractivity (Wildman–Crippen MR) is 64.5 cm³/mol. The van der Waals surface area contributed by atoms with Crippen molar-refractivity contribution >= 4 is 28.6 Å². The van der Waals surface area contributed by atoms with Crippen LogP contribution in [0.25, 0.3) is 0 Å². The lowest BCUT2D eigenvalue weighted by molar-refractivity contribution is 0.0944. The molecule has 0 aromatic carbocycles. The number of carbonyl (C=O) groups excluding carboxylic acids is 1. The van der Waals surface area contributed by atoms with E-state index in [2.05, 4.69) is 5.32 Å². The van der Waals surface area contributed by atoms with Crippen molar-refractivity contribution in [2.24, 2.45) is 0 Å². The van der Waals surface area contributed by atoms with E-state index in [0.717, 1.165) is 4.88 Å². The van der Waals surface area contributed by atoms with Gasteiger partial charge in [-0.1, -0.05) is 12.1 Å². The zero-order chi connectivity index (χ0) is 10.7. The molecule has 4 heteroatoms. The lowest BCUT2D eigenvalue weighted by atomic mass is 10.2. The number of nitrogens with one attached hydrogen (secondary N) is 1. The first-order valence-electron chi connectivity index (χ1n) is 4.65. The summed E-state index contributed by atoms with van der Waals surface area (Å²) in [7, 11) is 0. The summed E-state index contributed by atoms with van der Waals surface area (Å²) in [5, 5.41) is 6.89. The van der Waals surface area contributed by atoms with Crippen LogP contribution in [0.5, 0.6) is 0 Å². The summed E-state index contributed by atoms with van der Waals surface area (Å²) in [6.07, 6.45) is 0. The molecule has 2 rings (SSSR count). The third-order valence-electron chi connectivity index (χ3n) is 2.06. The fourth-order valence-electron chi connectivity index (χ4n) is 1.28. The van der Waals surface area contributed by atoms with Crippen molar-refractivity contribution < 1.29 is 4.79 Å². The summed E-state index contributed by atoms with van der Waals surface area (Å²) in [6, 6.07) is 7.83. The highest BCUT2D eigenvalue weighted by molar-refractivity contribution is 7.12. The number of hydrogen-bond donors (Lipinski definition) is 1. The van der Waals surface area contributed by atoms with Crippen LogP contribution in [0, 0.1) is 0 Å². The molecular formula is C11H11NOS2. The van der Waals surface area contributed by atoms with Gasteiger partial charge in [-0.15, -0.1) is 22.7 Å². The van der Waals surface area contributed by atoms with E-state index in [-0.39, 0.29) is 11.9 Å². The Balaban J connectivity index is 2.01. The van der Waals surface area contributed by atoms with Gasteiger partial charge in [0.2, 0.25) is 0 Å². The van der Waals surface area contributed by atoms with E-state index in [1.807, 2.05) is 41.9 Å². The molecule has 0 aliphatic rings. The summed E-state index contributed by atoms with van der Waals surface area (Å²) >= 11 is 3.12. The van der Waals surface area contributed by atoms with E-state index in [9.17, 15) is 4.79 Å². The zero-order valence-corrected chi connectivity index (χ0v) is 9.90. The molecule has 78 valence electrons. The average molecular weight is 237 g/mol. The molecule has 0 spiro atoms. The SMILES string of the molecule is C[C@H](NC(=O)c1cccs1)c1cccs1. The van der Waals surface area contributed by atoms with Gasteiger partial charge in [-0.3, -0.25) is 4.79 Å². The maximum absolute atomic E-state index is 11.7. The molecule has 1 amide bonds. The van der Waals surface area contributed by atoms with E-state index in [1.165, 1.54) is 16.2 Å². The van der Waals surface area contributed by atoms with Gasteiger partial charge in [0.05, 0.1) is 10.9 Å². The molecule has 2 aromatic heterocycles. The minimum Gasteiger partial charge on any atom is -0.344 e. The second-order valence-electron chi connectivity index (χ2n) is 3.19. The first-order chi connectivity index (χ1) is 7.27. The number of carbonyl (C=O) groups is 1. The van der Waals surface area contributed by atoms with Crippen molar-refractivity contribution in [2.75, 3.05) is 0 Å². The molecule has 0 radical (unpaired) electrons. The highest BCUT2D eigenvalue weighted by atomic mass is 32.1. The molecule has 15 heavy (non-hydrogen) atoms. The Morgan fingerprint density at radius 2 is 2.00 bits per heavy atom. The van der Waals surface area contributed by atoms with E-state index in [0.29, 0.717) is 0 Å². The van der Waals surface area contributed by atoms with Crippen molar-refractivity contribution in [1.82, 2.24) is 5.32 Å². The fraction of sp³-hybridized carbons (Fsp3) is 0.182. The molecule has 0 unspecified atom stereocenters. The number of hydrogen-bond acceptors (Lipinski definition) is 3. The normalized spacial score (nSPS) is 12.3. The van der Waals surface area contributed by atoms with Crippen LogP contribution in [0.2, 0.25) is 0 Å². The molecule has 2 nitrogen and oxygen atoms in total. The van der Waals surface area contributed by atoms with E-state index in [4.69, 9.17) is 0 Å². The molecule has 2 heterocycles. The van der Waals surface area contributed by atoms with Crippen molar-refractivity contribution in [3.8, 4) is 0 Å². The van der Waals surface area contributed by atoms with Crippen LogP contribution in [0.15, 0.2) is 35.0 Å². The van der Waals surface area contributed by atoms with Crippen LogP contribution in [-0.4, -0.2) is 5.91 Å². The molecular weight excluding hydrogens is 226 g/mol. The highest BCUT2D eigenvalue weighted by Crippen LogP contribution is 2.19. The summed E-state index contributed by atoms with van der Waals surface area (Å²) < 4.78 is 0. The Labute approximate surface area is 96.6 Å². The first kappa shape index (κ1) is 10.4. The Morgan fingerprint density at radius 1 is 1.27 bits per heavy atom. The van der Waals surface area contributed by atoms with Crippen molar-refractivity contribution in [2.45, 2.75) is 13.0 Å². The van der Waals surface area contributed by atoms with E-state index < -0.39 is 0 Å². The second-order valence-corrected chi connectivity index (χ2v) is 5.11. The monoisotopic (exact) mass is 237 g/mol. The maximum atomic E-state index is 11.7. The van der Waals surface area contributed by atoms with Gasteiger partial charge in [0.15, 0.2) is 0 Å².